The Hall–Kier alpha value is -2.45. The van der Waals surface area contributed by atoms with E-state index in [2.05, 4.69) is 15.0 Å². The van der Waals surface area contributed by atoms with E-state index < -0.39 is 5.57 Å². The van der Waals surface area contributed by atoms with Crippen molar-refractivity contribution in [3.63, 3.8) is 0 Å². The molecule has 1 aromatic carbocycles. The Kier molecular flexibility index (Phi) is 4.97. The lowest BCUT2D eigenvalue weighted by Crippen LogP contribution is -2.51. The first kappa shape index (κ1) is 18.3. The van der Waals surface area contributed by atoms with Gasteiger partial charge in [-0.1, -0.05) is 0 Å². The molecular weight excluding hydrogens is 368 g/mol. The number of hydrogen-bond acceptors (Lipinski definition) is 5. The second-order valence-electron chi connectivity index (χ2n) is 5.95. The number of aryl methyl sites for hydroxylation is 1. The summed E-state index contributed by atoms with van der Waals surface area (Å²) in [5.41, 5.74) is -2.20. The number of amides is 1. The molecule has 1 aromatic heterocycles. The van der Waals surface area contributed by atoms with Crippen molar-refractivity contribution in [1.82, 2.24) is 4.98 Å². The van der Waals surface area contributed by atoms with Crippen LogP contribution in [-0.2, 0) is 0 Å². The lowest BCUT2D eigenvalue weighted by atomic mass is 10.1. The zero-order valence-corrected chi connectivity index (χ0v) is 14.5. The Morgan fingerprint density at radius 1 is 1.38 bits per heavy atom. The van der Waals surface area contributed by atoms with Gasteiger partial charge < -0.3 is 20.1 Å². The van der Waals surface area contributed by atoms with Gasteiger partial charge in [0, 0.05) is 36.6 Å². The maximum atomic E-state index is 12.6. The monoisotopic (exact) mass is 383 g/mol. The Morgan fingerprint density at radius 3 is 2.58 bits per heavy atom. The van der Waals surface area contributed by atoms with Gasteiger partial charge in [0.1, 0.15) is 11.6 Å². The molecule has 26 heavy (non-hydrogen) atoms. The lowest BCUT2D eigenvalue weighted by molar-refractivity contribution is -0.0964. The van der Waals surface area contributed by atoms with Crippen LogP contribution in [0.2, 0.25) is 0 Å². The Labute approximate surface area is 153 Å². The predicted molar refractivity (Wildman–Crippen MR) is 93.0 cm³/mol. The normalized spacial score (nSPS) is 14.7. The first-order valence-electron chi connectivity index (χ1n) is 7.78. The number of rotatable bonds is 5. The highest BCUT2D eigenvalue weighted by atomic mass is 35.5. The second-order valence-corrected chi connectivity index (χ2v) is 6.39. The van der Waals surface area contributed by atoms with Gasteiger partial charge in [0.05, 0.1) is 11.7 Å². The summed E-state index contributed by atoms with van der Waals surface area (Å²) in [5.74, 6) is 0.226. The minimum atomic E-state index is -3.79. The van der Waals surface area contributed by atoms with Crippen molar-refractivity contribution >= 4 is 29.0 Å². The predicted octanol–water partition coefficient (Wildman–Crippen LogP) is 2.99. The van der Waals surface area contributed by atoms with Gasteiger partial charge in [-0.15, -0.1) is 8.78 Å². The highest BCUT2D eigenvalue weighted by Gasteiger charge is 2.28. The maximum Gasteiger partial charge on any atom is 0.487 e. The van der Waals surface area contributed by atoms with Gasteiger partial charge in [-0.05, 0) is 42.8 Å². The molecule has 9 heteroatoms. The lowest BCUT2D eigenvalue weighted by Gasteiger charge is -2.37. The van der Waals surface area contributed by atoms with Crippen LogP contribution in [-0.4, -0.2) is 40.8 Å². The van der Waals surface area contributed by atoms with E-state index in [1.807, 2.05) is 11.8 Å². The molecule has 0 saturated carbocycles. The standard InChI is InChI=1S/C17H16ClF2N3O3/c1-10-6-11(7-21-15(10)23-8-13(24)9-23)16(25)22-12-2-4-14(5-3-12)26-17(18,19)20/h2-7,13,24H,8-9H2,1H3,(H,22,25). The summed E-state index contributed by atoms with van der Waals surface area (Å²) in [6.07, 6.45) is 1.11. The molecule has 0 spiro atoms. The number of alkyl halides is 3. The van der Waals surface area contributed by atoms with Crippen LogP contribution >= 0.6 is 11.6 Å². The Bertz CT molecular complexity index is 806. The molecule has 1 aliphatic rings. The number of halogens is 3. The van der Waals surface area contributed by atoms with Crippen molar-refractivity contribution in [3.8, 4) is 5.75 Å². The minimum Gasteiger partial charge on any atom is -0.420 e. The summed E-state index contributed by atoms with van der Waals surface area (Å²) in [5, 5.41) is 12.0. The van der Waals surface area contributed by atoms with E-state index in [-0.39, 0.29) is 17.8 Å². The molecule has 3 rings (SSSR count). The number of nitrogens with one attached hydrogen (secondary N) is 1. The number of β-amino-alcohol motifs (C(OH)–C–C–N with tert-alkyl or cyclic N) is 1. The van der Waals surface area contributed by atoms with Gasteiger partial charge in [0.25, 0.3) is 5.91 Å². The Balaban J connectivity index is 1.65. The third-order valence-electron chi connectivity index (χ3n) is 3.82. The van der Waals surface area contributed by atoms with E-state index in [4.69, 9.17) is 11.6 Å². The van der Waals surface area contributed by atoms with E-state index in [1.54, 1.807) is 6.07 Å². The van der Waals surface area contributed by atoms with Crippen molar-refractivity contribution in [1.29, 1.82) is 0 Å². The number of anilines is 2. The van der Waals surface area contributed by atoms with Crippen LogP contribution in [0, 0.1) is 6.92 Å². The van der Waals surface area contributed by atoms with Crippen LogP contribution in [0.1, 0.15) is 15.9 Å². The van der Waals surface area contributed by atoms with Crippen molar-refractivity contribution in [2.45, 2.75) is 18.6 Å². The third kappa shape index (κ3) is 4.39. The van der Waals surface area contributed by atoms with Crippen LogP contribution in [0.3, 0.4) is 0 Å². The van der Waals surface area contributed by atoms with E-state index in [0.717, 1.165) is 11.4 Å². The number of ether oxygens (including phenoxy) is 1. The van der Waals surface area contributed by atoms with Gasteiger partial charge in [-0.25, -0.2) is 4.98 Å². The third-order valence-corrected chi connectivity index (χ3v) is 3.90. The van der Waals surface area contributed by atoms with Gasteiger partial charge in [-0.2, -0.15) is 0 Å². The molecule has 0 bridgehead atoms. The number of aromatic nitrogens is 1. The SMILES string of the molecule is Cc1cc(C(=O)Nc2ccc(OC(F)(F)Cl)cc2)cnc1N1CC(O)C1. The minimum absolute atomic E-state index is 0.124. The number of carbonyl (C=O) groups is 1. The van der Waals surface area contributed by atoms with Gasteiger partial charge >= 0.3 is 5.57 Å². The van der Waals surface area contributed by atoms with Crippen LogP contribution in [0.4, 0.5) is 20.3 Å². The molecule has 1 fully saturated rings. The molecule has 1 aliphatic heterocycles. The van der Waals surface area contributed by atoms with Gasteiger partial charge in [0.2, 0.25) is 0 Å². The molecule has 1 saturated heterocycles. The number of hydrogen-bond donors (Lipinski definition) is 2. The molecule has 0 atom stereocenters. The molecule has 0 unspecified atom stereocenters. The topological polar surface area (TPSA) is 74.7 Å². The van der Waals surface area contributed by atoms with E-state index in [0.29, 0.717) is 24.3 Å². The summed E-state index contributed by atoms with van der Waals surface area (Å²) in [6, 6.07) is 7.09. The molecule has 0 aliphatic carbocycles. The van der Waals surface area contributed by atoms with Crippen molar-refractivity contribution in [2.24, 2.45) is 0 Å². The van der Waals surface area contributed by atoms with Crippen LogP contribution < -0.4 is 15.0 Å². The quantitative estimate of drug-likeness (QED) is 0.776. The summed E-state index contributed by atoms with van der Waals surface area (Å²) in [6.45, 7) is 2.88. The molecule has 6 nitrogen and oxygen atoms in total. The van der Waals surface area contributed by atoms with Crippen LogP contribution in [0.25, 0.3) is 0 Å². The van der Waals surface area contributed by atoms with Gasteiger partial charge in [-0.3, -0.25) is 4.79 Å². The Morgan fingerprint density at radius 2 is 2.04 bits per heavy atom. The van der Waals surface area contributed by atoms with E-state index in [1.165, 1.54) is 30.5 Å². The maximum absolute atomic E-state index is 12.6. The zero-order chi connectivity index (χ0) is 18.9. The molecular formula is C17H16ClF2N3O3. The molecule has 2 heterocycles. The van der Waals surface area contributed by atoms with Crippen molar-refractivity contribution in [2.75, 3.05) is 23.3 Å². The number of nitrogens with zero attached hydrogens (tertiary/aromatic N) is 2. The first-order chi connectivity index (χ1) is 12.2. The second kappa shape index (κ2) is 7.05. The average Bonchev–Trinajstić information content (AvgIpc) is 2.52. The highest BCUT2D eigenvalue weighted by Crippen LogP contribution is 2.26. The molecule has 2 N–H and O–H groups in total. The van der Waals surface area contributed by atoms with Crippen LogP contribution in [0.15, 0.2) is 36.5 Å². The van der Waals surface area contributed by atoms with Crippen LogP contribution in [0.5, 0.6) is 5.75 Å². The van der Waals surface area contributed by atoms with Crippen molar-refractivity contribution < 1.29 is 23.4 Å². The number of benzene rings is 1. The van der Waals surface area contributed by atoms with Gasteiger partial charge in [0.15, 0.2) is 0 Å². The first-order valence-corrected chi connectivity index (χ1v) is 8.16. The zero-order valence-electron chi connectivity index (χ0n) is 13.7. The summed E-state index contributed by atoms with van der Waals surface area (Å²) >= 11 is 4.69. The highest BCUT2D eigenvalue weighted by molar-refractivity contribution is 6.20. The summed E-state index contributed by atoms with van der Waals surface area (Å²) < 4.78 is 29.3. The average molecular weight is 384 g/mol. The number of aliphatic hydroxyl groups is 1. The van der Waals surface area contributed by atoms with E-state index >= 15 is 0 Å². The van der Waals surface area contributed by atoms with Crippen molar-refractivity contribution in [3.05, 3.63) is 47.7 Å². The summed E-state index contributed by atoms with van der Waals surface area (Å²) in [4.78, 5) is 18.5. The molecule has 1 amide bonds. The fraction of sp³-hybridized carbons (Fsp3) is 0.294. The number of pyridine rings is 1. The molecule has 0 radical (unpaired) electrons. The summed E-state index contributed by atoms with van der Waals surface area (Å²) in [7, 11) is 0. The molecule has 2 aromatic rings. The largest absolute Gasteiger partial charge is 0.487 e. The number of aliphatic hydroxyl groups excluding tert-OH is 1. The van der Waals surface area contributed by atoms with E-state index in [9.17, 15) is 18.7 Å². The fourth-order valence-electron chi connectivity index (χ4n) is 2.59. The fourth-order valence-corrected chi connectivity index (χ4v) is 2.68. The number of carbonyl (C=O) groups excluding carboxylic acids is 1. The molecule has 138 valence electrons. The smallest absolute Gasteiger partial charge is 0.420 e.